The van der Waals surface area contributed by atoms with Crippen LogP contribution in [0.15, 0.2) is 145 Å². The minimum Gasteiger partial charge on any atom is -0.484 e. The molecule has 0 fully saturated rings. The molecule has 0 spiro atoms. The first-order valence-electron chi connectivity index (χ1n) is 18.9. The number of rotatable bonds is 4. The third kappa shape index (κ3) is 4.89. The number of fused-ring (bicyclic) bond motifs is 10. The summed E-state index contributed by atoms with van der Waals surface area (Å²) in [6.07, 6.45) is 11.6. The van der Waals surface area contributed by atoms with Gasteiger partial charge in [0.2, 0.25) is 0 Å². The number of para-hydroxylation sites is 1. The lowest BCUT2D eigenvalue weighted by Crippen LogP contribution is -2.48. The Balaban J connectivity index is 0.935. The maximum Gasteiger partial charge on any atom is 0.132 e. The van der Waals surface area contributed by atoms with Crippen LogP contribution in [-0.4, -0.2) is 12.3 Å². The van der Waals surface area contributed by atoms with Gasteiger partial charge in [0.1, 0.15) is 18.0 Å². The lowest BCUT2D eigenvalue weighted by molar-refractivity contribution is 0.188. The van der Waals surface area contributed by atoms with Crippen molar-refractivity contribution in [3.8, 4) is 16.9 Å². The number of nitrogens with one attached hydrogen (secondary N) is 2. The molecule has 5 aliphatic rings. The van der Waals surface area contributed by atoms with E-state index in [1.165, 1.54) is 81.9 Å². The van der Waals surface area contributed by atoms with E-state index in [2.05, 4.69) is 170 Å². The molecule has 6 aromatic rings. The molecule has 0 saturated carbocycles. The van der Waals surface area contributed by atoms with Crippen LogP contribution < -0.4 is 15.4 Å². The van der Waals surface area contributed by atoms with Gasteiger partial charge in [-0.2, -0.15) is 0 Å². The third-order valence-corrected chi connectivity index (χ3v) is 13.5. The molecule has 4 atom stereocenters. The Labute approximate surface area is 315 Å². The average molecular weight is 705 g/mol. The van der Waals surface area contributed by atoms with Crippen molar-refractivity contribution < 1.29 is 4.74 Å². The summed E-state index contributed by atoms with van der Waals surface area (Å²) in [5, 5.41) is 9.33. The molecule has 3 nitrogen and oxygen atoms in total. The third-order valence-electron chi connectivity index (χ3n) is 12.4. The highest BCUT2D eigenvalue weighted by Crippen LogP contribution is 2.58. The van der Waals surface area contributed by atoms with Crippen molar-refractivity contribution in [2.45, 2.75) is 50.4 Å². The van der Waals surface area contributed by atoms with Gasteiger partial charge in [-0.15, -0.1) is 11.3 Å². The predicted molar refractivity (Wildman–Crippen MR) is 221 cm³/mol. The second-order valence-corrected chi connectivity index (χ2v) is 16.8. The highest BCUT2D eigenvalue weighted by atomic mass is 32.1. The van der Waals surface area contributed by atoms with Crippen LogP contribution in [0, 0.1) is 5.92 Å². The first-order valence-corrected chi connectivity index (χ1v) is 19.7. The zero-order chi connectivity index (χ0) is 35.3. The van der Waals surface area contributed by atoms with E-state index in [1.54, 1.807) is 0 Å². The van der Waals surface area contributed by atoms with Gasteiger partial charge in [0.05, 0.1) is 6.04 Å². The molecular weight excluding hydrogens is 665 g/mol. The Morgan fingerprint density at radius 3 is 2.43 bits per heavy atom. The van der Waals surface area contributed by atoms with E-state index in [9.17, 15) is 0 Å². The van der Waals surface area contributed by atoms with Crippen LogP contribution >= 0.6 is 11.3 Å². The number of hydrogen-bond donors (Lipinski definition) is 2. The SMILES string of the molecule is CC1(C)c2cc(-c3cccc(C4C=C(c5ccccc5)NC(C5=Cc6sc7ccccc7c6CC5)N4)c3)ccc2C2=CC=C3c4ccccc4OC3C21. The maximum absolute atomic E-state index is 6.68. The zero-order valence-corrected chi connectivity index (χ0v) is 30.7. The number of allylic oxidation sites excluding steroid dienone is 2. The molecule has 53 heavy (non-hydrogen) atoms. The van der Waals surface area contributed by atoms with E-state index in [-0.39, 0.29) is 29.6 Å². The van der Waals surface area contributed by atoms with E-state index in [1.807, 2.05) is 11.3 Å². The molecule has 3 aliphatic carbocycles. The van der Waals surface area contributed by atoms with Crippen LogP contribution in [0.3, 0.4) is 0 Å². The van der Waals surface area contributed by atoms with Crippen LogP contribution in [0.25, 0.3) is 44.1 Å². The van der Waals surface area contributed by atoms with E-state index in [0.717, 1.165) is 18.6 Å². The second-order valence-electron chi connectivity index (χ2n) is 15.7. The largest absolute Gasteiger partial charge is 0.484 e. The van der Waals surface area contributed by atoms with Crippen molar-refractivity contribution in [2.24, 2.45) is 5.92 Å². The molecule has 0 saturated heterocycles. The number of benzene rings is 5. The first kappa shape index (κ1) is 31.1. The monoisotopic (exact) mass is 704 g/mol. The summed E-state index contributed by atoms with van der Waals surface area (Å²) < 4.78 is 8.06. The second kappa shape index (κ2) is 11.8. The summed E-state index contributed by atoms with van der Waals surface area (Å²) in [6, 6.07) is 44.5. The van der Waals surface area contributed by atoms with Gasteiger partial charge < -0.3 is 10.1 Å². The lowest BCUT2D eigenvalue weighted by atomic mass is 9.71. The predicted octanol–water partition coefficient (Wildman–Crippen LogP) is 11.3. The summed E-state index contributed by atoms with van der Waals surface area (Å²) in [6.45, 7) is 4.81. The fraction of sp³-hybridized carbons (Fsp3) is 0.184. The first-order chi connectivity index (χ1) is 26.0. The molecular formula is C49H40N2OS. The Kier molecular flexibility index (Phi) is 6.93. The molecule has 1 aromatic heterocycles. The Bertz CT molecular complexity index is 2600. The van der Waals surface area contributed by atoms with Gasteiger partial charge in [-0.25, -0.2) is 0 Å². The molecule has 3 heterocycles. The minimum absolute atomic E-state index is 0.0297. The number of hydrogen-bond acceptors (Lipinski definition) is 4. The van der Waals surface area contributed by atoms with Gasteiger partial charge in [0, 0.05) is 37.7 Å². The van der Waals surface area contributed by atoms with Gasteiger partial charge >= 0.3 is 0 Å². The van der Waals surface area contributed by atoms with Crippen molar-refractivity contribution in [3.05, 3.63) is 183 Å². The molecule has 2 N–H and O–H groups in total. The molecule has 5 aromatic carbocycles. The Morgan fingerprint density at radius 1 is 0.717 bits per heavy atom. The lowest BCUT2D eigenvalue weighted by Gasteiger charge is -2.35. The summed E-state index contributed by atoms with van der Waals surface area (Å²) in [5.74, 6) is 1.27. The van der Waals surface area contributed by atoms with Crippen molar-refractivity contribution in [1.82, 2.24) is 10.6 Å². The quantitative estimate of drug-likeness (QED) is 0.192. The van der Waals surface area contributed by atoms with Crippen LogP contribution in [0.5, 0.6) is 5.75 Å². The fourth-order valence-electron chi connectivity index (χ4n) is 9.71. The van der Waals surface area contributed by atoms with Crippen LogP contribution in [0.4, 0.5) is 0 Å². The average Bonchev–Trinajstić information content (AvgIpc) is 3.85. The number of aryl methyl sites for hydroxylation is 1. The van der Waals surface area contributed by atoms with Crippen molar-refractivity contribution in [1.29, 1.82) is 0 Å². The molecule has 11 rings (SSSR count). The standard InChI is InChI=1S/C49H40N2OS/c1-49(2)40-26-31(19-21-34(40)38-23-24-39-35-15-6-8-17-43(35)52-47(39)46(38)49)30-13-10-14-32(25-30)42-28-41(29-11-4-3-5-12-29)50-48(51-42)33-20-22-37-36-16-7-9-18-44(36)53-45(37)27-33/h3-19,21,23-28,42,46-48,50-51H,20,22H2,1-2H3. The minimum atomic E-state index is -0.0832. The topological polar surface area (TPSA) is 33.3 Å². The highest BCUT2D eigenvalue weighted by Gasteiger charge is 2.52. The molecule has 2 aliphatic heterocycles. The molecule has 4 heteroatoms. The van der Waals surface area contributed by atoms with Gasteiger partial charge in [-0.1, -0.05) is 123 Å². The summed E-state index contributed by atoms with van der Waals surface area (Å²) in [4.78, 5) is 1.40. The Hall–Kier alpha value is -5.42. The molecule has 4 unspecified atom stereocenters. The van der Waals surface area contributed by atoms with Gasteiger partial charge in [-0.3, -0.25) is 5.32 Å². The maximum atomic E-state index is 6.68. The molecule has 0 radical (unpaired) electrons. The number of ether oxygens (including phenoxy) is 1. The van der Waals surface area contributed by atoms with Crippen LogP contribution in [0.1, 0.15) is 64.6 Å². The highest BCUT2D eigenvalue weighted by molar-refractivity contribution is 7.20. The van der Waals surface area contributed by atoms with Crippen molar-refractivity contribution in [2.75, 3.05) is 0 Å². The molecule has 0 bridgehead atoms. The molecule has 0 amide bonds. The number of thiophene rings is 1. The van der Waals surface area contributed by atoms with E-state index in [0.29, 0.717) is 0 Å². The van der Waals surface area contributed by atoms with E-state index < -0.39 is 0 Å². The fourth-order valence-corrected chi connectivity index (χ4v) is 10.9. The molecule has 258 valence electrons. The van der Waals surface area contributed by atoms with Crippen LogP contribution in [-0.2, 0) is 11.8 Å². The van der Waals surface area contributed by atoms with Gasteiger partial charge in [-0.05, 0) is 105 Å². The summed E-state index contributed by atoms with van der Waals surface area (Å²) in [7, 11) is 0. The summed E-state index contributed by atoms with van der Waals surface area (Å²) in [5.41, 5.74) is 15.7. The van der Waals surface area contributed by atoms with E-state index in [4.69, 9.17) is 4.74 Å². The van der Waals surface area contributed by atoms with Crippen molar-refractivity contribution >= 4 is 44.3 Å². The van der Waals surface area contributed by atoms with E-state index >= 15 is 0 Å². The van der Waals surface area contributed by atoms with Gasteiger partial charge in [0.25, 0.3) is 0 Å². The summed E-state index contributed by atoms with van der Waals surface area (Å²) >= 11 is 1.92. The Morgan fingerprint density at radius 2 is 1.51 bits per heavy atom. The van der Waals surface area contributed by atoms with Crippen LogP contribution in [0.2, 0.25) is 0 Å². The van der Waals surface area contributed by atoms with Crippen molar-refractivity contribution in [3.63, 3.8) is 0 Å². The van der Waals surface area contributed by atoms with Gasteiger partial charge in [0.15, 0.2) is 0 Å². The normalized spacial score (nSPS) is 23.2. The smallest absolute Gasteiger partial charge is 0.132 e. The zero-order valence-electron chi connectivity index (χ0n) is 29.9.